The van der Waals surface area contributed by atoms with Gasteiger partial charge in [-0.25, -0.2) is 0 Å². The lowest BCUT2D eigenvalue weighted by molar-refractivity contribution is 0.0948. The summed E-state index contributed by atoms with van der Waals surface area (Å²) in [6, 6.07) is 3.33. The normalized spacial score (nSPS) is 10.8. The van der Waals surface area contributed by atoms with Gasteiger partial charge in [0.2, 0.25) is 0 Å². The number of unbranched alkanes of at least 4 members (excludes halogenated alkanes) is 1. The molecular formula is C19H31ClN2O3. The van der Waals surface area contributed by atoms with Crippen LogP contribution in [0.1, 0.15) is 50.9 Å². The third kappa shape index (κ3) is 7.12. The van der Waals surface area contributed by atoms with E-state index in [-0.39, 0.29) is 5.91 Å². The van der Waals surface area contributed by atoms with Crippen molar-refractivity contribution in [3.63, 3.8) is 0 Å². The summed E-state index contributed by atoms with van der Waals surface area (Å²) in [5.74, 6) is 0.867. The molecule has 1 N–H and O–H groups in total. The molecule has 0 spiro atoms. The highest BCUT2D eigenvalue weighted by molar-refractivity contribution is 6.32. The highest BCUT2D eigenvalue weighted by atomic mass is 35.5. The first-order valence-electron chi connectivity index (χ1n) is 9.16. The molecule has 142 valence electrons. The molecule has 0 bridgehead atoms. The Kier molecular flexibility index (Phi) is 10.3. The molecule has 0 aliphatic rings. The molecule has 0 saturated carbocycles. The molecule has 0 aliphatic heterocycles. The summed E-state index contributed by atoms with van der Waals surface area (Å²) >= 11 is 6.33. The number of hydrogen-bond acceptors (Lipinski definition) is 4. The van der Waals surface area contributed by atoms with Gasteiger partial charge in [0, 0.05) is 18.7 Å². The first kappa shape index (κ1) is 21.6. The Morgan fingerprint density at radius 1 is 1.16 bits per heavy atom. The summed E-state index contributed by atoms with van der Waals surface area (Å²) in [5, 5.41) is 3.33. The van der Waals surface area contributed by atoms with Crippen molar-refractivity contribution in [2.45, 2.75) is 40.5 Å². The number of carbonyl (C=O) groups is 1. The van der Waals surface area contributed by atoms with Crippen LogP contribution in [0.4, 0.5) is 0 Å². The third-order valence-electron chi connectivity index (χ3n) is 3.92. The zero-order valence-corrected chi connectivity index (χ0v) is 16.6. The van der Waals surface area contributed by atoms with E-state index in [9.17, 15) is 4.79 Å². The molecule has 1 rings (SSSR count). The molecule has 5 nitrogen and oxygen atoms in total. The van der Waals surface area contributed by atoms with Crippen molar-refractivity contribution in [3.8, 4) is 11.5 Å². The number of hydrogen-bond donors (Lipinski definition) is 1. The largest absolute Gasteiger partial charge is 0.490 e. The second-order valence-corrected chi connectivity index (χ2v) is 6.11. The van der Waals surface area contributed by atoms with E-state index < -0.39 is 0 Å². The molecule has 0 fully saturated rings. The molecule has 25 heavy (non-hydrogen) atoms. The first-order valence-corrected chi connectivity index (χ1v) is 9.54. The van der Waals surface area contributed by atoms with Crippen molar-refractivity contribution < 1.29 is 14.3 Å². The lowest BCUT2D eigenvalue weighted by atomic mass is 10.2. The van der Waals surface area contributed by atoms with Crippen LogP contribution in [-0.2, 0) is 0 Å². The fraction of sp³-hybridized carbons (Fsp3) is 0.632. The van der Waals surface area contributed by atoms with Crippen molar-refractivity contribution in [1.82, 2.24) is 10.2 Å². The molecule has 0 saturated heterocycles. The lowest BCUT2D eigenvalue weighted by Gasteiger charge is -2.18. The third-order valence-corrected chi connectivity index (χ3v) is 4.20. The molecule has 0 aromatic heterocycles. The number of carbonyl (C=O) groups excluding carboxylic acids is 1. The van der Waals surface area contributed by atoms with Gasteiger partial charge in [-0.15, -0.1) is 0 Å². The number of likely N-dealkylation sites (N-methyl/N-ethyl adjacent to an activating group) is 1. The second kappa shape index (κ2) is 12.0. The predicted molar refractivity (Wildman–Crippen MR) is 103 cm³/mol. The summed E-state index contributed by atoms with van der Waals surface area (Å²) in [7, 11) is 0. The Morgan fingerprint density at radius 3 is 2.48 bits per heavy atom. The van der Waals surface area contributed by atoms with E-state index in [1.54, 1.807) is 12.1 Å². The van der Waals surface area contributed by atoms with Crippen LogP contribution in [0.15, 0.2) is 12.1 Å². The van der Waals surface area contributed by atoms with Crippen LogP contribution in [0, 0.1) is 0 Å². The highest BCUT2D eigenvalue weighted by Crippen LogP contribution is 2.36. The number of amides is 1. The Morgan fingerprint density at radius 2 is 1.88 bits per heavy atom. The van der Waals surface area contributed by atoms with Gasteiger partial charge in [-0.05, 0) is 38.6 Å². The quantitative estimate of drug-likeness (QED) is 0.565. The van der Waals surface area contributed by atoms with Crippen molar-refractivity contribution in [3.05, 3.63) is 22.7 Å². The molecule has 1 aromatic rings. The van der Waals surface area contributed by atoms with E-state index in [2.05, 4.69) is 31.0 Å². The van der Waals surface area contributed by atoms with Crippen LogP contribution in [0.5, 0.6) is 11.5 Å². The van der Waals surface area contributed by atoms with Crippen molar-refractivity contribution >= 4 is 17.5 Å². The molecule has 0 atom stereocenters. The summed E-state index contributed by atoms with van der Waals surface area (Å²) in [5.41, 5.74) is 0.482. The van der Waals surface area contributed by atoms with Gasteiger partial charge in [-0.2, -0.15) is 0 Å². The maximum Gasteiger partial charge on any atom is 0.251 e. The van der Waals surface area contributed by atoms with Crippen LogP contribution in [-0.4, -0.2) is 50.2 Å². The average molecular weight is 371 g/mol. The summed E-state index contributed by atoms with van der Waals surface area (Å²) < 4.78 is 11.4. The molecule has 1 aromatic carbocycles. The Labute approximate surface area is 156 Å². The molecule has 0 heterocycles. The lowest BCUT2D eigenvalue weighted by Crippen LogP contribution is -2.34. The van der Waals surface area contributed by atoms with Gasteiger partial charge in [-0.3, -0.25) is 4.79 Å². The summed E-state index contributed by atoms with van der Waals surface area (Å²) in [4.78, 5) is 14.7. The van der Waals surface area contributed by atoms with Gasteiger partial charge in [0.15, 0.2) is 11.5 Å². The van der Waals surface area contributed by atoms with Gasteiger partial charge in [0.25, 0.3) is 5.91 Å². The van der Waals surface area contributed by atoms with Crippen LogP contribution < -0.4 is 14.8 Å². The Bertz CT molecular complexity index is 534. The fourth-order valence-electron chi connectivity index (χ4n) is 2.39. The monoisotopic (exact) mass is 370 g/mol. The molecule has 1 amide bonds. The topological polar surface area (TPSA) is 50.8 Å². The predicted octanol–water partition coefficient (Wildman–Crippen LogP) is 3.99. The van der Waals surface area contributed by atoms with Gasteiger partial charge in [0.1, 0.15) is 0 Å². The highest BCUT2D eigenvalue weighted by Gasteiger charge is 2.16. The van der Waals surface area contributed by atoms with Crippen molar-refractivity contribution in [2.75, 3.05) is 39.4 Å². The van der Waals surface area contributed by atoms with E-state index in [0.29, 0.717) is 41.8 Å². The van der Waals surface area contributed by atoms with E-state index in [0.717, 1.165) is 32.5 Å². The number of nitrogens with zero attached hydrogens (tertiary/aromatic N) is 1. The maximum absolute atomic E-state index is 12.4. The summed E-state index contributed by atoms with van der Waals surface area (Å²) in [6.45, 7) is 12.6. The minimum Gasteiger partial charge on any atom is -0.490 e. The fourth-order valence-corrected chi connectivity index (χ4v) is 2.66. The van der Waals surface area contributed by atoms with Gasteiger partial charge in [0.05, 0.1) is 18.2 Å². The zero-order chi connectivity index (χ0) is 18.7. The maximum atomic E-state index is 12.4. The minimum atomic E-state index is -0.157. The number of rotatable bonds is 12. The first-order chi connectivity index (χ1) is 12.1. The molecule has 0 radical (unpaired) electrons. The van der Waals surface area contributed by atoms with E-state index >= 15 is 0 Å². The SMILES string of the molecule is CCCCOc1c(Cl)cc(C(=O)NCCN(CC)CC)cc1OCC. The second-order valence-electron chi connectivity index (χ2n) is 5.70. The minimum absolute atomic E-state index is 0.157. The van der Waals surface area contributed by atoms with Crippen LogP contribution in [0.2, 0.25) is 5.02 Å². The Hall–Kier alpha value is -1.46. The average Bonchev–Trinajstić information content (AvgIpc) is 2.60. The molecule has 0 aliphatic carbocycles. The standard InChI is InChI=1S/C19H31ClN2O3/c1-5-9-12-25-18-16(20)13-15(14-17(18)24-8-4)19(23)21-10-11-22(6-2)7-3/h13-14H,5-12H2,1-4H3,(H,21,23). The van der Waals surface area contributed by atoms with Crippen LogP contribution in [0.3, 0.4) is 0 Å². The molecule has 0 unspecified atom stereocenters. The number of nitrogens with one attached hydrogen (secondary N) is 1. The summed E-state index contributed by atoms with van der Waals surface area (Å²) in [6.07, 6.45) is 1.98. The van der Waals surface area contributed by atoms with Gasteiger partial charge in [-0.1, -0.05) is 38.8 Å². The van der Waals surface area contributed by atoms with Crippen LogP contribution in [0.25, 0.3) is 0 Å². The zero-order valence-electron chi connectivity index (χ0n) is 15.9. The van der Waals surface area contributed by atoms with Crippen molar-refractivity contribution in [1.29, 1.82) is 0 Å². The number of ether oxygens (including phenoxy) is 2. The number of halogens is 1. The van der Waals surface area contributed by atoms with Crippen molar-refractivity contribution in [2.24, 2.45) is 0 Å². The van der Waals surface area contributed by atoms with E-state index in [1.807, 2.05) is 6.92 Å². The van der Waals surface area contributed by atoms with Crippen LogP contribution >= 0.6 is 11.6 Å². The molecule has 6 heteroatoms. The molecular weight excluding hydrogens is 340 g/mol. The van der Waals surface area contributed by atoms with Gasteiger partial charge >= 0.3 is 0 Å². The Balaban J connectivity index is 2.80. The van der Waals surface area contributed by atoms with Gasteiger partial charge < -0.3 is 19.7 Å². The smallest absolute Gasteiger partial charge is 0.251 e. The van der Waals surface area contributed by atoms with E-state index in [1.165, 1.54) is 0 Å². The van der Waals surface area contributed by atoms with E-state index in [4.69, 9.17) is 21.1 Å². The number of benzene rings is 1.